The average Bonchev–Trinajstić information content (AvgIpc) is 3.58. The van der Waals surface area contributed by atoms with E-state index in [1.54, 1.807) is 0 Å². The fraction of sp³-hybridized carbons (Fsp3) is 0.524. The van der Waals surface area contributed by atoms with Crippen molar-refractivity contribution < 1.29 is 18.7 Å². The van der Waals surface area contributed by atoms with Crippen LogP contribution >= 0.6 is 0 Å². The Balaban J connectivity index is 1.98. The number of piperidine rings is 1. The second-order valence-corrected chi connectivity index (χ2v) is 7.71. The molecule has 4 rings (SSSR count). The van der Waals surface area contributed by atoms with Gasteiger partial charge in [-0.25, -0.2) is 9.18 Å². The van der Waals surface area contributed by atoms with Crippen LogP contribution in [0.5, 0.6) is 5.75 Å². The highest BCUT2D eigenvalue weighted by Crippen LogP contribution is 2.44. The average molecular weight is 403 g/mol. The molecule has 0 spiro atoms. The Labute approximate surface area is 168 Å². The molecule has 156 valence electrons. The van der Waals surface area contributed by atoms with Crippen molar-refractivity contribution in [2.75, 3.05) is 39.3 Å². The fourth-order valence-electron chi connectivity index (χ4n) is 4.24. The lowest BCUT2D eigenvalue weighted by molar-refractivity contribution is 0.0598. The van der Waals surface area contributed by atoms with Gasteiger partial charge in [0.2, 0.25) is 5.43 Å². The maximum Gasteiger partial charge on any atom is 0.343 e. The molecule has 1 aromatic carbocycles. The molecule has 2 aromatic rings. The van der Waals surface area contributed by atoms with E-state index in [9.17, 15) is 9.59 Å². The summed E-state index contributed by atoms with van der Waals surface area (Å²) in [6.45, 7) is 1.37. The van der Waals surface area contributed by atoms with Gasteiger partial charge in [-0.3, -0.25) is 4.79 Å². The first kappa shape index (κ1) is 19.7. The molecule has 1 saturated heterocycles. The van der Waals surface area contributed by atoms with Gasteiger partial charge in [-0.15, -0.1) is 0 Å². The van der Waals surface area contributed by atoms with Crippen LogP contribution < -0.4 is 20.4 Å². The quantitative estimate of drug-likeness (QED) is 0.774. The first-order chi connectivity index (χ1) is 14.0. The lowest BCUT2D eigenvalue weighted by atomic mass is 10.0. The van der Waals surface area contributed by atoms with E-state index in [0.29, 0.717) is 30.0 Å². The maximum absolute atomic E-state index is 15.3. The van der Waals surface area contributed by atoms with E-state index in [1.807, 2.05) is 16.5 Å². The van der Waals surface area contributed by atoms with Gasteiger partial charge in [0.1, 0.15) is 11.3 Å². The van der Waals surface area contributed by atoms with Crippen LogP contribution in [-0.2, 0) is 4.74 Å². The van der Waals surface area contributed by atoms with Gasteiger partial charge in [-0.1, -0.05) is 0 Å². The number of carbonyl (C=O) groups is 1. The summed E-state index contributed by atoms with van der Waals surface area (Å²) in [6, 6.07) is 1.65. The number of likely N-dealkylation sites (N-methyl/N-ethyl adjacent to an activating group) is 1. The number of hydrogen-bond acceptors (Lipinski definition) is 6. The zero-order valence-corrected chi connectivity index (χ0v) is 17.0. The van der Waals surface area contributed by atoms with E-state index in [4.69, 9.17) is 9.47 Å². The number of hydrogen-bond donors (Lipinski definition) is 1. The minimum atomic E-state index is -0.720. The van der Waals surface area contributed by atoms with Gasteiger partial charge >= 0.3 is 5.97 Å². The van der Waals surface area contributed by atoms with Crippen LogP contribution in [0.25, 0.3) is 10.9 Å². The van der Waals surface area contributed by atoms with Crippen molar-refractivity contribution in [2.24, 2.45) is 0 Å². The molecule has 7 nitrogen and oxygen atoms in total. The van der Waals surface area contributed by atoms with E-state index >= 15 is 4.39 Å². The van der Waals surface area contributed by atoms with Gasteiger partial charge in [-0.05, 0) is 38.8 Å². The molecule has 1 aliphatic heterocycles. The third-order valence-electron chi connectivity index (χ3n) is 5.89. The summed E-state index contributed by atoms with van der Waals surface area (Å²) in [6.07, 6.45) is 5.35. The van der Waals surface area contributed by atoms with Crippen molar-refractivity contribution in [3.05, 3.63) is 33.9 Å². The van der Waals surface area contributed by atoms with E-state index in [0.717, 1.165) is 25.7 Å². The summed E-state index contributed by atoms with van der Waals surface area (Å²) in [5.74, 6) is -0.896. The molecule has 0 radical (unpaired) electrons. The molecule has 1 N–H and O–H groups in total. The topological polar surface area (TPSA) is 72.8 Å². The predicted octanol–water partition coefficient (Wildman–Crippen LogP) is 2.46. The number of rotatable bonds is 5. The van der Waals surface area contributed by atoms with Gasteiger partial charge < -0.3 is 24.3 Å². The standard InChI is InChI=1S/C21H26FN3O4/c1-23-12-5-4-8-24(10-12)18-16(22)9-14-17(20(18)28-2)25(13-6-7-13)11-15(19(14)26)21(27)29-3/h9,11-13,23H,4-8,10H2,1-3H3. The zero-order chi connectivity index (χ0) is 20.7. The Kier molecular flexibility index (Phi) is 5.21. The van der Waals surface area contributed by atoms with E-state index < -0.39 is 17.2 Å². The maximum atomic E-state index is 15.3. The van der Waals surface area contributed by atoms with Crippen molar-refractivity contribution in [1.82, 2.24) is 9.88 Å². The highest BCUT2D eigenvalue weighted by molar-refractivity contribution is 5.97. The summed E-state index contributed by atoms with van der Waals surface area (Å²) < 4.78 is 27.6. The Morgan fingerprint density at radius 3 is 2.66 bits per heavy atom. The number of halogens is 1. The molecule has 0 bridgehead atoms. The lowest BCUT2D eigenvalue weighted by Crippen LogP contribution is -2.45. The minimum Gasteiger partial charge on any atom is -0.492 e. The number of aromatic nitrogens is 1. The summed E-state index contributed by atoms with van der Waals surface area (Å²) in [7, 11) is 4.63. The fourth-order valence-corrected chi connectivity index (χ4v) is 4.24. The van der Waals surface area contributed by atoms with Crippen molar-refractivity contribution in [2.45, 2.75) is 37.8 Å². The molecule has 29 heavy (non-hydrogen) atoms. The highest BCUT2D eigenvalue weighted by atomic mass is 19.1. The number of ether oxygens (including phenoxy) is 2. The van der Waals surface area contributed by atoms with Gasteiger partial charge in [0.25, 0.3) is 0 Å². The molecular weight excluding hydrogens is 377 g/mol. The normalized spacial score (nSPS) is 19.4. The molecule has 1 unspecified atom stereocenters. The highest BCUT2D eigenvalue weighted by Gasteiger charge is 2.32. The lowest BCUT2D eigenvalue weighted by Gasteiger charge is -2.35. The Morgan fingerprint density at radius 2 is 2.03 bits per heavy atom. The minimum absolute atomic E-state index is 0.0886. The molecule has 0 amide bonds. The molecule has 2 aliphatic rings. The third-order valence-corrected chi connectivity index (χ3v) is 5.89. The molecule has 8 heteroatoms. The number of nitrogens with one attached hydrogen (secondary N) is 1. The van der Waals surface area contributed by atoms with Crippen LogP contribution in [0, 0.1) is 5.82 Å². The molecule has 1 aliphatic carbocycles. The van der Waals surface area contributed by atoms with Crippen LogP contribution in [0.4, 0.5) is 10.1 Å². The first-order valence-corrected chi connectivity index (χ1v) is 9.96. The Morgan fingerprint density at radius 1 is 1.28 bits per heavy atom. The number of esters is 1. The molecule has 1 atom stereocenters. The van der Waals surface area contributed by atoms with E-state index in [-0.39, 0.29) is 23.0 Å². The molecule has 1 saturated carbocycles. The number of carbonyl (C=O) groups excluding carboxylic acids is 1. The largest absolute Gasteiger partial charge is 0.492 e. The van der Waals surface area contributed by atoms with Crippen molar-refractivity contribution in [1.29, 1.82) is 0 Å². The molecule has 1 aromatic heterocycles. The van der Waals surface area contributed by atoms with Gasteiger partial charge in [0, 0.05) is 31.4 Å². The van der Waals surface area contributed by atoms with Crippen LogP contribution in [-0.4, -0.2) is 50.9 Å². The number of methoxy groups -OCH3 is 2. The van der Waals surface area contributed by atoms with Crippen LogP contribution in [0.2, 0.25) is 0 Å². The summed E-state index contributed by atoms with van der Waals surface area (Å²) >= 11 is 0. The summed E-state index contributed by atoms with van der Waals surface area (Å²) in [5.41, 5.74) is 0.281. The van der Waals surface area contributed by atoms with Crippen LogP contribution in [0.1, 0.15) is 42.1 Å². The number of fused-ring (bicyclic) bond motifs is 1. The molecule has 2 fully saturated rings. The van der Waals surface area contributed by atoms with Crippen molar-refractivity contribution in [3.8, 4) is 5.75 Å². The Hall–Kier alpha value is -2.61. The second kappa shape index (κ2) is 7.67. The number of nitrogens with zero attached hydrogens (tertiary/aromatic N) is 2. The molecular formula is C21H26FN3O4. The zero-order valence-electron chi connectivity index (χ0n) is 17.0. The predicted molar refractivity (Wildman–Crippen MR) is 109 cm³/mol. The van der Waals surface area contributed by atoms with E-state index in [1.165, 1.54) is 26.5 Å². The first-order valence-electron chi connectivity index (χ1n) is 9.96. The van der Waals surface area contributed by atoms with E-state index in [2.05, 4.69) is 5.32 Å². The summed E-state index contributed by atoms with van der Waals surface area (Å²) in [5, 5.41) is 3.40. The number of benzene rings is 1. The number of pyridine rings is 1. The van der Waals surface area contributed by atoms with Gasteiger partial charge in [-0.2, -0.15) is 0 Å². The molecule has 2 heterocycles. The number of anilines is 1. The van der Waals surface area contributed by atoms with Gasteiger partial charge in [0.15, 0.2) is 11.6 Å². The van der Waals surface area contributed by atoms with Crippen LogP contribution in [0.3, 0.4) is 0 Å². The van der Waals surface area contributed by atoms with Crippen molar-refractivity contribution >= 4 is 22.6 Å². The third kappa shape index (κ3) is 3.35. The Bertz CT molecular complexity index is 1020. The monoisotopic (exact) mass is 403 g/mol. The smallest absolute Gasteiger partial charge is 0.343 e. The van der Waals surface area contributed by atoms with Crippen LogP contribution in [0.15, 0.2) is 17.1 Å². The SMILES string of the molecule is CNC1CCCN(c2c(F)cc3c(=O)c(C(=O)OC)cn(C4CC4)c3c2OC)C1. The van der Waals surface area contributed by atoms with Crippen molar-refractivity contribution in [3.63, 3.8) is 0 Å². The summed E-state index contributed by atoms with van der Waals surface area (Å²) in [4.78, 5) is 27.1. The second-order valence-electron chi connectivity index (χ2n) is 7.71. The van der Waals surface area contributed by atoms with Gasteiger partial charge in [0.05, 0.1) is 25.1 Å².